The molecule has 0 radical (unpaired) electrons. The largest absolute Gasteiger partial charge is 0.507 e. The third kappa shape index (κ3) is 17.1. The van der Waals surface area contributed by atoms with Crippen LogP contribution < -0.4 is 14.2 Å². The molecule has 1 heterocycles. The molecule has 4 rings (SSSR count). The first-order chi connectivity index (χ1) is 33.1. The van der Waals surface area contributed by atoms with Gasteiger partial charge < -0.3 is 43.7 Å². The Bertz CT molecular complexity index is 1990. The maximum Gasteiger partial charge on any atom is 0.347 e. The maximum absolute atomic E-state index is 12.9. The summed E-state index contributed by atoms with van der Waals surface area (Å²) in [5.74, 6) is -1.22. The molecule has 0 aliphatic heterocycles. The van der Waals surface area contributed by atoms with Gasteiger partial charge in [0, 0.05) is 18.2 Å². The highest BCUT2D eigenvalue weighted by Crippen LogP contribution is 2.38. The number of rotatable bonds is 30. The third-order valence-electron chi connectivity index (χ3n) is 12.2. The van der Waals surface area contributed by atoms with Gasteiger partial charge in [-0.25, -0.2) is 29.3 Å². The number of nitrogens with zero attached hydrogens (tertiary/aromatic N) is 3. The van der Waals surface area contributed by atoms with Crippen LogP contribution in [0.3, 0.4) is 0 Å². The fraction of sp³-hybridized carbons (Fsp3) is 0.556. The van der Waals surface area contributed by atoms with Crippen molar-refractivity contribution in [3.63, 3.8) is 0 Å². The number of aromatic hydroxyl groups is 3. The number of carbonyl (C=O) groups is 3. The van der Waals surface area contributed by atoms with Crippen LogP contribution in [0.5, 0.6) is 34.5 Å². The second-order valence-electron chi connectivity index (χ2n) is 17.8. The van der Waals surface area contributed by atoms with E-state index in [4.69, 9.17) is 28.4 Å². The van der Waals surface area contributed by atoms with E-state index in [0.717, 1.165) is 77.0 Å². The van der Waals surface area contributed by atoms with Crippen molar-refractivity contribution in [2.24, 2.45) is 17.8 Å². The maximum atomic E-state index is 12.9. The van der Waals surface area contributed by atoms with Gasteiger partial charge in [-0.05, 0) is 94.2 Å². The van der Waals surface area contributed by atoms with Crippen LogP contribution in [-0.4, -0.2) is 86.3 Å². The molecule has 0 bridgehead atoms. The zero-order chi connectivity index (χ0) is 50.5. The van der Waals surface area contributed by atoms with Crippen molar-refractivity contribution in [2.75, 3.05) is 19.8 Å². The fourth-order valence-electron chi connectivity index (χ4n) is 7.46. The second kappa shape index (κ2) is 28.4. The molecule has 15 nitrogen and oxygen atoms in total. The van der Waals surface area contributed by atoms with Gasteiger partial charge in [0.05, 0.1) is 36.5 Å². The Morgan fingerprint density at radius 3 is 0.928 bits per heavy atom. The molecule has 0 aliphatic carbocycles. The fourth-order valence-corrected chi connectivity index (χ4v) is 7.46. The van der Waals surface area contributed by atoms with E-state index in [9.17, 15) is 29.7 Å². The van der Waals surface area contributed by atoms with Gasteiger partial charge in [-0.1, -0.05) is 99.3 Å². The van der Waals surface area contributed by atoms with Gasteiger partial charge >= 0.3 is 17.9 Å². The van der Waals surface area contributed by atoms with Gasteiger partial charge in [0.1, 0.15) is 34.5 Å². The number of hydrogen-bond donors (Lipinski definition) is 3. The lowest BCUT2D eigenvalue weighted by molar-refractivity contribution is -0.153. The van der Waals surface area contributed by atoms with E-state index >= 15 is 0 Å². The van der Waals surface area contributed by atoms with Crippen LogP contribution in [0.2, 0.25) is 0 Å². The summed E-state index contributed by atoms with van der Waals surface area (Å²) in [6.07, 6.45) is 9.03. The molecule has 0 spiro atoms. The van der Waals surface area contributed by atoms with Crippen LogP contribution in [-0.2, 0) is 28.6 Å². The number of phenols is 3. The number of hydrogen-bond acceptors (Lipinski definition) is 15. The summed E-state index contributed by atoms with van der Waals surface area (Å²) in [4.78, 5) is 52.5. The first-order valence-corrected chi connectivity index (χ1v) is 24.9. The molecule has 0 fully saturated rings. The van der Waals surface area contributed by atoms with Crippen molar-refractivity contribution < 1.29 is 58.1 Å². The molecule has 1 aromatic heterocycles. The molecule has 69 heavy (non-hydrogen) atoms. The Labute approximate surface area is 408 Å². The normalized spacial score (nSPS) is 13.9. The Balaban J connectivity index is 1.63. The van der Waals surface area contributed by atoms with E-state index in [1.165, 1.54) is 36.4 Å². The minimum atomic E-state index is -0.964. The number of phenolic OH excluding ortho intramolecular Hbond substituents is 3. The predicted octanol–water partition coefficient (Wildman–Crippen LogP) is 11.6. The van der Waals surface area contributed by atoms with E-state index < -0.39 is 36.2 Å². The first-order valence-electron chi connectivity index (χ1n) is 24.9. The number of carbonyl (C=O) groups excluding carboxylic acids is 3. The molecule has 5 unspecified atom stereocenters. The van der Waals surface area contributed by atoms with Crippen LogP contribution in [0.25, 0.3) is 34.2 Å². The van der Waals surface area contributed by atoms with E-state index in [1.807, 2.05) is 0 Å². The Morgan fingerprint density at radius 2 is 0.710 bits per heavy atom. The van der Waals surface area contributed by atoms with Crippen molar-refractivity contribution in [2.45, 2.75) is 158 Å². The lowest BCUT2D eigenvalue weighted by Gasteiger charge is -2.18. The number of ether oxygens (including phenoxy) is 6. The summed E-state index contributed by atoms with van der Waals surface area (Å²) in [6.45, 7) is 18.2. The van der Waals surface area contributed by atoms with Crippen LogP contribution in [0.15, 0.2) is 54.6 Å². The topological polar surface area (TPSA) is 206 Å². The van der Waals surface area contributed by atoms with Crippen LogP contribution in [0.4, 0.5) is 0 Å². The standard InChI is InChI=1S/C54H75N3O12/c1-10-16-19-37(13-4)31-64-52(61)34(7)67-40-22-25-43(46(58)28-40)49-55-50(44-26-23-41(29-47(44)59)68-35(8)53(62)65-32-38(14-5)20-17-11-2)57-51(56-49)45-27-24-42(30-48(45)60)69-36(9)54(63)66-33-39(15-6)21-18-12-3/h22-30,34-39,58-60H,10-21,31-33H2,1-9H3/t34-,35?,36?,37?,38?,39?/m0/s1. The van der Waals surface area contributed by atoms with E-state index in [0.29, 0.717) is 19.8 Å². The van der Waals surface area contributed by atoms with Gasteiger partial charge in [-0.2, -0.15) is 0 Å². The van der Waals surface area contributed by atoms with E-state index in [1.54, 1.807) is 39.0 Å². The Hall–Kier alpha value is -6.12. The molecule has 0 aliphatic rings. The van der Waals surface area contributed by atoms with Crippen molar-refractivity contribution in [3.05, 3.63) is 54.6 Å². The predicted molar refractivity (Wildman–Crippen MR) is 264 cm³/mol. The van der Waals surface area contributed by atoms with E-state index in [2.05, 4.69) is 56.5 Å². The minimum Gasteiger partial charge on any atom is -0.507 e. The molecule has 0 saturated carbocycles. The molecule has 3 N–H and O–H groups in total. The lowest BCUT2D eigenvalue weighted by atomic mass is 10.0. The molecule has 0 saturated heterocycles. The summed E-state index contributed by atoms with van der Waals surface area (Å²) in [7, 11) is 0. The molecular formula is C54H75N3O12. The average Bonchev–Trinajstić information content (AvgIpc) is 3.33. The SMILES string of the molecule is CCCCC(CC)COC(=O)C(C)Oc1ccc(-c2nc(-c3ccc(OC(C)C(=O)OCC(CC)CCCC)cc3O)nc(-c3ccc(O[C@@H](C)C(=O)OCC(CC)CCCC)cc3O)n2)c(O)c1. The molecule has 3 aromatic carbocycles. The number of esters is 3. The zero-order valence-electron chi connectivity index (χ0n) is 42.1. The van der Waals surface area contributed by atoms with Gasteiger partial charge in [0.2, 0.25) is 0 Å². The van der Waals surface area contributed by atoms with Crippen LogP contribution >= 0.6 is 0 Å². The van der Waals surface area contributed by atoms with Gasteiger partial charge in [-0.3, -0.25) is 0 Å². The highest BCUT2D eigenvalue weighted by Gasteiger charge is 2.25. The number of benzene rings is 3. The molecule has 6 atom stereocenters. The van der Waals surface area contributed by atoms with Crippen molar-refractivity contribution in [1.82, 2.24) is 15.0 Å². The van der Waals surface area contributed by atoms with Gasteiger partial charge in [0.25, 0.3) is 0 Å². The van der Waals surface area contributed by atoms with Crippen molar-refractivity contribution in [1.29, 1.82) is 0 Å². The molecular weight excluding hydrogens is 883 g/mol. The highest BCUT2D eigenvalue weighted by molar-refractivity contribution is 5.77. The molecule has 378 valence electrons. The van der Waals surface area contributed by atoms with Gasteiger partial charge in [-0.15, -0.1) is 0 Å². The zero-order valence-corrected chi connectivity index (χ0v) is 42.1. The second-order valence-corrected chi connectivity index (χ2v) is 17.8. The summed E-state index contributed by atoms with van der Waals surface area (Å²) in [5.41, 5.74) is 0.424. The van der Waals surface area contributed by atoms with Crippen molar-refractivity contribution >= 4 is 17.9 Å². The monoisotopic (exact) mass is 958 g/mol. The summed E-state index contributed by atoms with van der Waals surface area (Å²) in [5, 5.41) is 34.2. The molecule has 15 heteroatoms. The summed E-state index contributed by atoms with van der Waals surface area (Å²) < 4.78 is 34.3. The third-order valence-corrected chi connectivity index (χ3v) is 12.2. The molecule has 0 amide bonds. The smallest absolute Gasteiger partial charge is 0.347 e. The number of unbranched alkanes of at least 4 members (excludes halogenated alkanes) is 3. The van der Waals surface area contributed by atoms with Crippen LogP contribution in [0, 0.1) is 17.8 Å². The number of aromatic nitrogens is 3. The summed E-state index contributed by atoms with van der Waals surface area (Å²) >= 11 is 0. The van der Waals surface area contributed by atoms with Crippen molar-refractivity contribution in [3.8, 4) is 68.7 Å². The van der Waals surface area contributed by atoms with Crippen LogP contribution in [0.1, 0.15) is 139 Å². The lowest BCUT2D eigenvalue weighted by Crippen LogP contribution is -2.28. The van der Waals surface area contributed by atoms with Gasteiger partial charge in [0.15, 0.2) is 35.8 Å². The highest BCUT2D eigenvalue weighted by atomic mass is 16.6. The first kappa shape index (κ1) is 55.5. The quantitative estimate of drug-likeness (QED) is 0.0328. The summed E-state index contributed by atoms with van der Waals surface area (Å²) in [6, 6.07) is 13.1. The average molecular weight is 958 g/mol. The minimum absolute atomic E-state index is 0.0370. The van der Waals surface area contributed by atoms with E-state index in [-0.39, 0.29) is 86.4 Å². The molecule has 4 aromatic rings. The Kier molecular flexibility index (Phi) is 22.8. The Morgan fingerprint density at radius 1 is 0.449 bits per heavy atom.